The molecular formula is C15H23NO4. The van der Waals surface area contributed by atoms with Crippen molar-refractivity contribution in [3.05, 3.63) is 0 Å². The third-order valence-electron chi connectivity index (χ3n) is 3.94. The summed E-state index contributed by atoms with van der Waals surface area (Å²) in [5.74, 6) is -0.00142. The standard InChI is InChI=1S/C15H23NO4/c1-10(17)5-12(18)11-6-15(7-11)8-16(9-15)13(19)20-14(2,3)4/h11H,5-9H2,1-4H3. The maximum absolute atomic E-state index is 11.8. The summed E-state index contributed by atoms with van der Waals surface area (Å²) < 4.78 is 5.31. The van der Waals surface area contributed by atoms with Crippen molar-refractivity contribution in [3.8, 4) is 0 Å². The van der Waals surface area contributed by atoms with Crippen LogP contribution in [0.4, 0.5) is 4.79 Å². The predicted molar refractivity (Wildman–Crippen MR) is 73.3 cm³/mol. The summed E-state index contributed by atoms with van der Waals surface area (Å²) in [6.07, 6.45) is 1.38. The van der Waals surface area contributed by atoms with Gasteiger partial charge in [0, 0.05) is 24.4 Å². The lowest BCUT2D eigenvalue weighted by Crippen LogP contribution is -2.65. The first-order valence-electron chi connectivity index (χ1n) is 7.10. The van der Waals surface area contributed by atoms with Crippen molar-refractivity contribution in [3.63, 3.8) is 0 Å². The van der Waals surface area contributed by atoms with Gasteiger partial charge < -0.3 is 9.64 Å². The second kappa shape index (κ2) is 4.86. The van der Waals surface area contributed by atoms with Crippen LogP contribution >= 0.6 is 0 Å². The van der Waals surface area contributed by atoms with Crippen molar-refractivity contribution in [1.82, 2.24) is 4.90 Å². The van der Waals surface area contributed by atoms with Crippen LogP contribution in [0.15, 0.2) is 0 Å². The van der Waals surface area contributed by atoms with Gasteiger partial charge in [0.2, 0.25) is 0 Å². The Hall–Kier alpha value is -1.39. The van der Waals surface area contributed by atoms with Crippen LogP contribution in [0.5, 0.6) is 0 Å². The zero-order valence-electron chi connectivity index (χ0n) is 12.7. The van der Waals surface area contributed by atoms with Gasteiger partial charge in [0.1, 0.15) is 17.2 Å². The summed E-state index contributed by atoms with van der Waals surface area (Å²) >= 11 is 0. The second-order valence-electron chi connectivity index (χ2n) is 7.29. The lowest BCUT2D eigenvalue weighted by Gasteiger charge is -2.58. The number of likely N-dealkylation sites (tertiary alicyclic amines) is 1. The molecule has 112 valence electrons. The van der Waals surface area contributed by atoms with E-state index in [1.54, 1.807) is 4.90 Å². The Morgan fingerprint density at radius 3 is 2.20 bits per heavy atom. The van der Waals surface area contributed by atoms with E-state index in [1.165, 1.54) is 6.92 Å². The minimum absolute atomic E-state index is 0.0136. The molecule has 5 heteroatoms. The quantitative estimate of drug-likeness (QED) is 0.744. The number of rotatable bonds is 3. The number of amides is 1. The van der Waals surface area contributed by atoms with Crippen molar-refractivity contribution < 1.29 is 19.1 Å². The molecule has 5 nitrogen and oxygen atoms in total. The van der Waals surface area contributed by atoms with E-state index in [9.17, 15) is 14.4 Å². The Morgan fingerprint density at radius 2 is 1.75 bits per heavy atom. The van der Waals surface area contributed by atoms with Crippen LogP contribution in [0.3, 0.4) is 0 Å². The molecule has 1 saturated carbocycles. The van der Waals surface area contributed by atoms with Gasteiger partial charge in [0.15, 0.2) is 0 Å². The molecule has 0 bridgehead atoms. The Labute approximate surface area is 119 Å². The molecule has 0 aromatic rings. The fourth-order valence-corrected chi connectivity index (χ4v) is 3.08. The van der Waals surface area contributed by atoms with Crippen LogP contribution in [0.2, 0.25) is 0 Å². The van der Waals surface area contributed by atoms with Crippen molar-refractivity contribution in [2.75, 3.05) is 13.1 Å². The van der Waals surface area contributed by atoms with Crippen LogP contribution in [-0.4, -0.2) is 41.3 Å². The molecule has 2 aliphatic rings. The van der Waals surface area contributed by atoms with Crippen LogP contribution < -0.4 is 0 Å². The van der Waals surface area contributed by atoms with E-state index in [2.05, 4.69) is 0 Å². The maximum atomic E-state index is 11.8. The summed E-state index contributed by atoms with van der Waals surface area (Å²) in [4.78, 5) is 36.2. The lowest BCUT2D eigenvalue weighted by atomic mass is 9.56. The van der Waals surface area contributed by atoms with Gasteiger partial charge in [-0.15, -0.1) is 0 Å². The third-order valence-corrected chi connectivity index (χ3v) is 3.94. The van der Waals surface area contributed by atoms with Crippen molar-refractivity contribution in [1.29, 1.82) is 0 Å². The molecular weight excluding hydrogens is 258 g/mol. The molecule has 1 spiro atoms. The van der Waals surface area contributed by atoms with Crippen molar-refractivity contribution in [2.24, 2.45) is 11.3 Å². The number of nitrogens with zero attached hydrogens (tertiary/aromatic N) is 1. The van der Waals surface area contributed by atoms with Gasteiger partial charge in [0.05, 0.1) is 6.42 Å². The normalized spacial score (nSPS) is 21.1. The second-order valence-corrected chi connectivity index (χ2v) is 7.29. The van der Waals surface area contributed by atoms with Gasteiger partial charge >= 0.3 is 6.09 Å². The summed E-state index contributed by atoms with van der Waals surface area (Å²) in [5, 5.41) is 0. The minimum Gasteiger partial charge on any atom is -0.444 e. The van der Waals surface area contributed by atoms with Gasteiger partial charge in [-0.1, -0.05) is 0 Å². The number of Topliss-reactive ketones (excluding diaryl/α,β-unsaturated/α-hetero) is 2. The zero-order chi connectivity index (χ0) is 15.1. The topological polar surface area (TPSA) is 63.7 Å². The number of carbonyl (C=O) groups is 3. The Bertz CT molecular complexity index is 435. The van der Waals surface area contributed by atoms with Crippen molar-refractivity contribution >= 4 is 17.7 Å². The highest BCUT2D eigenvalue weighted by atomic mass is 16.6. The SMILES string of the molecule is CC(=O)CC(=O)C1CC2(C1)CN(C(=O)OC(C)(C)C)C2. The molecule has 1 saturated heterocycles. The fraction of sp³-hybridized carbons (Fsp3) is 0.800. The average Bonchev–Trinajstić information content (AvgIpc) is 2.07. The van der Waals surface area contributed by atoms with E-state index >= 15 is 0 Å². The molecule has 1 aliphatic heterocycles. The molecule has 0 N–H and O–H groups in total. The highest BCUT2D eigenvalue weighted by Gasteiger charge is 2.55. The zero-order valence-corrected chi connectivity index (χ0v) is 12.7. The number of hydrogen-bond donors (Lipinski definition) is 0. The van der Waals surface area contributed by atoms with Gasteiger partial charge in [-0.2, -0.15) is 0 Å². The van der Waals surface area contributed by atoms with E-state index in [4.69, 9.17) is 4.74 Å². The van der Waals surface area contributed by atoms with Crippen LogP contribution in [-0.2, 0) is 14.3 Å². The monoisotopic (exact) mass is 281 g/mol. The first-order chi connectivity index (χ1) is 9.10. The number of carbonyl (C=O) groups excluding carboxylic acids is 3. The van der Waals surface area contributed by atoms with E-state index < -0.39 is 5.60 Å². The molecule has 0 aromatic heterocycles. The van der Waals surface area contributed by atoms with E-state index in [0.717, 1.165) is 12.8 Å². The number of ether oxygens (including phenoxy) is 1. The molecule has 2 fully saturated rings. The summed E-state index contributed by atoms with van der Waals surface area (Å²) in [5.41, 5.74) is -0.368. The molecule has 0 radical (unpaired) electrons. The molecule has 1 amide bonds. The highest BCUT2D eigenvalue weighted by Crippen LogP contribution is 2.52. The molecule has 0 unspecified atom stereocenters. The van der Waals surface area contributed by atoms with Crippen molar-refractivity contribution in [2.45, 2.75) is 52.6 Å². The number of hydrogen-bond acceptors (Lipinski definition) is 4. The Balaban J connectivity index is 1.74. The Morgan fingerprint density at radius 1 is 1.20 bits per heavy atom. The summed E-state index contributed by atoms with van der Waals surface area (Å²) in [7, 11) is 0. The van der Waals surface area contributed by atoms with Gasteiger partial charge in [-0.3, -0.25) is 9.59 Å². The maximum Gasteiger partial charge on any atom is 0.410 e. The first kappa shape index (κ1) is 15.0. The van der Waals surface area contributed by atoms with Gasteiger partial charge in [-0.05, 0) is 40.5 Å². The smallest absolute Gasteiger partial charge is 0.410 e. The van der Waals surface area contributed by atoms with E-state index in [0.29, 0.717) is 13.1 Å². The number of ketones is 2. The minimum atomic E-state index is -0.473. The van der Waals surface area contributed by atoms with Crippen LogP contribution in [0, 0.1) is 11.3 Å². The highest BCUT2D eigenvalue weighted by molar-refractivity contribution is 5.99. The largest absolute Gasteiger partial charge is 0.444 e. The van der Waals surface area contributed by atoms with Gasteiger partial charge in [0.25, 0.3) is 0 Å². The molecule has 2 rings (SSSR count). The lowest BCUT2D eigenvalue weighted by molar-refractivity contribution is -0.142. The van der Waals surface area contributed by atoms with E-state index in [1.807, 2.05) is 20.8 Å². The predicted octanol–water partition coefficient (Wildman–Crippen LogP) is 2.18. The van der Waals surface area contributed by atoms with Gasteiger partial charge in [-0.25, -0.2) is 4.79 Å². The molecule has 1 heterocycles. The summed E-state index contributed by atoms with van der Waals surface area (Å²) in [6.45, 7) is 8.33. The molecule has 0 atom stereocenters. The molecule has 1 aliphatic carbocycles. The molecule has 20 heavy (non-hydrogen) atoms. The summed E-state index contributed by atoms with van der Waals surface area (Å²) in [6, 6.07) is 0. The van der Waals surface area contributed by atoms with Crippen LogP contribution in [0.1, 0.15) is 47.0 Å². The third kappa shape index (κ3) is 3.19. The Kier molecular flexibility index (Phi) is 3.65. The average molecular weight is 281 g/mol. The van der Waals surface area contributed by atoms with Crippen LogP contribution in [0.25, 0.3) is 0 Å². The van der Waals surface area contributed by atoms with E-state index in [-0.39, 0.29) is 35.4 Å². The molecule has 0 aromatic carbocycles. The first-order valence-corrected chi connectivity index (χ1v) is 7.10. The fourth-order valence-electron chi connectivity index (χ4n) is 3.08.